The van der Waals surface area contributed by atoms with Crippen molar-refractivity contribution in [2.24, 2.45) is 5.92 Å². The van der Waals surface area contributed by atoms with E-state index in [2.05, 4.69) is 11.2 Å². The van der Waals surface area contributed by atoms with E-state index in [0.717, 1.165) is 31.7 Å². The number of nitriles is 1. The topological polar surface area (TPSA) is 58.2 Å². The van der Waals surface area contributed by atoms with Crippen molar-refractivity contribution in [2.75, 3.05) is 0 Å². The molecule has 0 radical (unpaired) electrons. The Morgan fingerprint density at radius 3 is 2.59 bits per heavy atom. The first-order valence-electron chi connectivity index (χ1n) is 8.79. The number of rotatable bonds is 3. The molecule has 2 aliphatic carbocycles. The minimum Gasteiger partial charge on any atom is -0.303 e. The second-order valence-corrected chi connectivity index (χ2v) is 7.31. The summed E-state index contributed by atoms with van der Waals surface area (Å²) in [6.07, 6.45) is 4.79. The lowest BCUT2D eigenvalue weighted by Crippen LogP contribution is -2.59. The van der Waals surface area contributed by atoms with Crippen molar-refractivity contribution in [2.45, 2.75) is 56.5 Å². The number of nitrogens with zero attached hydrogens (tertiary/aromatic N) is 3. The van der Waals surface area contributed by atoms with Crippen LogP contribution in [0.3, 0.4) is 0 Å². The Morgan fingerprint density at radius 1 is 1.41 bits per heavy atom. The molecule has 8 heteroatoms. The number of hydrogen-bond donors (Lipinski definition) is 0. The van der Waals surface area contributed by atoms with Gasteiger partial charge in [-0.05, 0) is 44.2 Å². The Kier molecular flexibility index (Phi) is 4.98. The van der Waals surface area contributed by atoms with Crippen LogP contribution in [-0.2, 0) is 4.79 Å². The molecule has 2 aliphatic rings. The van der Waals surface area contributed by atoms with Crippen LogP contribution in [-0.4, -0.2) is 27.5 Å². The average molecular weight is 381 g/mol. The first-order chi connectivity index (χ1) is 12.7. The summed E-state index contributed by atoms with van der Waals surface area (Å²) in [5.41, 5.74) is -0.432. The molecular formula is C19H19F4N3O. The highest BCUT2D eigenvalue weighted by Gasteiger charge is 2.66. The average Bonchev–Trinajstić information content (AvgIpc) is 2.89. The molecule has 27 heavy (non-hydrogen) atoms. The molecule has 2 aromatic rings. The molecule has 0 aliphatic heterocycles. The van der Waals surface area contributed by atoms with Crippen molar-refractivity contribution in [1.29, 1.82) is 5.26 Å². The molecule has 144 valence electrons. The summed E-state index contributed by atoms with van der Waals surface area (Å²) in [4.78, 5) is 9.85. The second-order valence-electron chi connectivity index (χ2n) is 7.31. The van der Waals surface area contributed by atoms with E-state index in [9.17, 15) is 22.4 Å². The SMILES string of the molecule is CC1(F)CC(CC=O)C1(F)F.N#Cc1ccn2nc(F)c(C3CCC3)c2c1. The number of fused-ring (bicyclic) bond motifs is 1. The predicted molar refractivity (Wildman–Crippen MR) is 89.7 cm³/mol. The Bertz CT molecular complexity index is 896. The van der Waals surface area contributed by atoms with Gasteiger partial charge in [-0.3, -0.25) is 0 Å². The van der Waals surface area contributed by atoms with Crippen molar-refractivity contribution in [3.63, 3.8) is 0 Å². The fraction of sp³-hybridized carbons (Fsp3) is 0.526. The van der Waals surface area contributed by atoms with Gasteiger partial charge in [0.2, 0.25) is 5.95 Å². The zero-order valence-corrected chi connectivity index (χ0v) is 14.8. The van der Waals surface area contributed by atoms with E-state index in [4.69, 9.17) is 5.26 Å². The van der Waals surface area contributed by atoms with Gasteiger partial charge in [0.15, 0.2) is 5.67 Å². The van der Waals surface area contributed by atoms with Crippen molar-refractivity contribution < 1.29 is 22.4 Å². The van der Waals surface area contributed by atoms with Crippen molar-refractivity contribution in [3.05, 3.63) is 35.4 Å². The third kappa shape index (κ3) is 3.31. The van der Waals surface area contributed by atoms with Crippen LogP contribution in [0.25, 0.3) is 5.52 Å². The highest BCUT2D eigenvalue weighted by atomic mass is 19.3. The number of aldehydes is 1. The molecular weight excluding hydrogens is 362 g/mol. The normalized spacial score (nSPS) is 26.3. The summed E-state index contributed by atoms with van der Waals surface area (Å²) >= 11 is 0. The third-order valence-electron chi connectivity index (χ3n) is 5.49. The third-order valence-corrected chi connectivity index (χ3v) is 5.49. The van der Waals surface area contributed by atoms with Gasteiger partial charge in [-0.15, -0.1) is 5.10 Å². The summed E-state index contributed by atoms with van der Waals surface area (Å²) in [6.45, 7) is 0.869. The predicted octanol–water partition coefficient (Wildman–Crippen LogP) is 4.57. The molecule has 4 nitrogen and oxygen atoms in total. The molecule has 2 saturated carbocycles. The minimum atomic E-state index is -3.31. The number of pyridine rings is 1. The van der Waals surface area contributed by atoms with Crippen LogP contribution >= 0.6 is 0 Å². The molecule has 0 N–H and O–H groups in total. The lowest BCUT2D eigenvalue weighted by Gasteiger charge is -2.46. The fourth-order valence-corrected chi connectivity index (χ4v) is 3.55. The highest BCUT2D eigenvalue weighted by Crippen LogP contribution is 2.55. The van der Waals surface area contributed by atoms with Crippen LogP contribution < -0.4 is 0 Å². The molecule has 0 spiro atoms. The standard InChI is InChI=1S/C12H10FN3.C7H9F3O/c13-12-11(9-2-1-3-9)10-6-8(7-14)4-5-16(10)15-12;1-6(8)4-5(2-3-11)7(6,9)10/h4-6,9H,1-3H2;3,5H,2,4H2,1H3. The maximum absolute atomic E-state index is 13.7. The Balaban J connectivity index is 0.000000168. The molecule has 2 unspecified atom stereocenters. The van der Waals surface area contributed by atoms with Gasteiger partial charge in [-0.2, -0.15) is 9.65 Å². The quantitative estimate of drug-likeness (QED) is 0.578. The number of alkyl halides is 3. The van der Waals surface area contributed by atoms with Crippen LogP contribution in [0.1, 0.15) is 56.1 Å². The second kappa shape index (κ2) is 6.95. The van der Waals surface area contributed by atoms with E-state index >= 15 is 0 Å². The van der Waals surface area contributed by atoms with Crippen molar-refractivity contribution >= 4 is 11.8 Å². The van der Waals surface area contributed by atoms with E-state index in [1.54, 1.807) is 18.3 Å². The van der Waals surface area contributed by atoms with Gasteiger partial charge in [-0.25, -0.2) is 17.7 Å². The monoisotopic (exact) mass is 381 g/mol. The van der Waals surface area contributed by atoms with Gasteiger partial charge in [-0.1, -0.05) is 6.42 Å². The largest absolute Gasteiger partial charge is 0.303 e. The zero-order chi connectivity index (χ0) is 19.8. The Morgan fingerprint density at radius 2 is 2.11 bits per heavy atom. The Labute approximate surface area is 153 Å². The highest BCUT2D eigenvalue weighted by molar-refractivity contribution is 5.59. The van der Waals surface area contributed by atoms with Gasteiger partial charge in [0.25, 0.3) is 5.92 Å². The summed E-state index contributed by atoms with van der Waals surface area (Å²) in [5.74, 6) is -4.50. The number of carbonyl (C=O) groups excluding carboxylic acids is 1. The maximum Gasteiger partial charge on any atom is 0.284 e. The molecule has 2 aromatic heterocycles. The van der Waals surface area contributed by atoms with Gasteiger partial charge < -0.3 is 4.79 Å². The van der Waals surface area contributed by atoms with E-state index in [1.165, 1.54) is 4.52 Å². The van der Waals surface area contributed by atoms with E-state index < -0.39 is 17.5 Å². The summed E-state index contributed by atoms with van der Waals surface area (Å²) in [5, 5.41) is 12.7. The first kappa shape index (κ1) is 19.3. The lowest BCUT2D eigenvalue weighted by atomic mass is 9.68. The molecule has 0 bridgehead atoms. The smallest absolute Gasteiger partial charge is 0.284 e. The summed E-state index contributed by atoms with van der Waals surface area (Å²) < 4.78 is 53.2. The van der Waals surface area contributed by atoms with E-state index in [-0.39, 0.29) is 24.7 Å². The first-order valence-corrected chi connectivity index (χ1v) is 8.79. The van der Waals surface area contributed by atoms with Crippen LogP contribution in [0.5, 0.6) is 0 Å². The molecule has 2 atom stereocenters. The molecule has 0 saturated heterocycles. The summed E-state index contributed by atoms with van der Waals surface area (Å²) in [7, 11) is 0. The van der Waals surface area contributed by atoms with Crippen molar-refractivity contribution in [3.8, 4) is 6.07 Å². The van der Waals surface area contributed by atoms with E-state index in [1.807, 2.05) is 0 Å². The maximum atomic E-state index is 13.7. The van der Waals surface area contributed by atoms with Crippen molar-refractivity contribution in [1.82, 2.24) is 9.61 Å². The molecule has 0 amide bonds. The number of halogens is 4. The van der Waals surface area contributed by atoms with Crippen LogP contribution in [0.2, 0.25) is 0 Å². The number of carbonyl (C=O) groups is 1. The number of hydrogen-bond acceptors (Lipinski definition) is 3. The van der Waals surface area contributed by atoms with Gasteiger partial charge >= 0.3 is 0 Å². The van der Waals surface area contributed by atoms with Gasteiger partial charge in [0, 0.05) is 24.1 Å². The molecule has 2 heterocycles. The van der Waals surface area contributed by atoms with Crippen LogP contribution in [0.4, 0.5) is 17.6 Å². The molecule has 0 aromatic carbocycles. The molecule has 4 rings (SSSR count). The fourth-order valence-electron chi connectivity index (χ4n) is 3.55. The van der Waals surface area contributed by atoms with Gasteiger partial charge in [0.1, 0.15) is 6.29 Å². The van der Waals surface area contributed by atoms with Crippen LogP contribution in [0.15, 0.2) is 18.3 Å². The zero-order valence-electron chi connectivity index (χ0n) is 14.8. The Hall–Kier alpha value is -2.43. The van der Waals surface area contributed by atoms with E-state index in [0.29, 0.717) is 17.4 Å². The summed E-state index contributed by atoms with van der Waals surface area (Å²) in [6, 6.07) is 5.42. The van der Waals surface area contributed by atoms with Crippen LogP contribution in [0, 0.1) is 23.2 Å². The minimum absolute atomic E-state index is 0.210. The number of aromatic nitrogens is 2. The van der Waals surface area contributed by atoms with Gasteiger partial charge in [0.05, 0.1) is 17.1 Å². The lowest BCUT2D eigenvalue weighted by molar-refractivity contribution is -0.247. The molecule has 2 fully saturated rings.